The SMILES string of the molecule is CNC(CCCCNC(=O)CCN1C(=O)C=CC1=O)C(=O)P=S.CN[C@@H](CCCCNC(=O)CCN1C(=O)C=CC1=O)C(N)=O. The topological polar surface area (TPSA) is 217 Å². The molecule has 2 rings (SSSR count). The van der Waals surface area contributed by atoms with E-state index in [4.69, 9.17) is 17.5 Å². The summed E-state index contributed by atoms with van der Waals surface area (Å²) in [4.78, 5) is 93.0. The fraction of sp³-hybridized carbons (Fsp3) is 0.571. The lowest BCUT2D eigenvalue weighted by atomic mass is 10.1. The van der Waals surface area contributed by atoms with Crippen molar-refractivity contribution in [3.63, 3.8) is 0 Å². The molecule has 6 N–H and O–H groups in total. The van der Waals surface area contributed by atoms with Crippen molar-refractivity contribution in [3.8, 4) is 0 Å². The highest BCUT2D eigenvalue weighted by molar-refractivity contribution is 8.03. The first-order chi connectivity index (χ1) is 21.4. The number of hydrogen-bond donors (Lipinski definition) is 5. The van der Waals surface area contributed by atoms with Crippen LogP contribution in [0.3, 0.4) is 0 Å². The molecule has 0 saturated heterocycles. The van der Waals surface area contributed by atoms with E-state index in [0.717, 1.165) is 35.5 Å². The van der Waals surface area contributed by atoms with Gasteiger partial charge in [0, 0.05) is 63.3 Å². The van der Waals surface area contributed by atoms with E-state index < -0.39 is 0 Å². The molecular weight excluding hydrogens is 625 g/mol. The number of carbonyl (C=O) groups excluding carboxylic acids is 8. The van der Waals surface area contributed by atoms with Crippen LogP contribution in [0.2, 0.25) is 0 Å². The fourth-order valence-electron chi connectivity index (χ4n) is 4.19. The molecule has 2 atom stereocenters. The van der Waals surface area contributed by atoms with Gasteiger partial charge in [-0.3, -0.25) is 48.2 Å². The van der Waals surface area contributed by atoms with Crippen molar-refractivity contribution in [1.82, 2.24) is 31.1 Å². The van der Waals surface area contributed by atoms with Crippen molar-refractivity contribution in [2.24, 2.45) is 5.73 Å². The van der Waals surface area contributed by atoms with E-state index in [2.05, 4.69) is 21.3 Å². The van der Waals surface area contributed by atoms with Gasteiger partial charge in [-0.15, -0.1) is 0 Å². The smallest absolute Gasteiger partial charge is 0.253 e. The second-order valence-corrected chi connectivity index (χ2v) is 11.2. The Morgan fingerprint density at radius 3 is 1.42 bits per heavy atom. The Morgan fingerprint density at radius 1 is 0.711 bits per heavy atom. The molecule has 2 aliphatic rings. The maximum absolute atomic E-state index is 11.7. The first kappa shape index (κ1) is 39.3. The molecule has 0 bridgehead atoms. The summed E-state index contributed by atoms with van der Waals surface area (Å²) in [5, 5.41) is 11.2. The van der Waals surface area contributed by atoms with E-state index >= 15 is 0 Å². The average molecular weight is 668 g/mol. The molecule has 45 heavy (non-hydrogen) atoms. The number of unbranched alkanes of at least 4 members (excludes halogenated alkanes) is 2. The molecule has 0 saturated carbocycles. The average Bonchev–Trinajstić information content (AvgIpc) is 3.51. The van der Waals surface area contributed by atoms with E-state index in [-0.39, 0.29) is 84.9 Å². The lowest BCUT2D eigenvalue weighted by Gasteiger charge is -2.14. The second kappa shape index (κ2) is 21.9. The van der Waals surface area contributed by atoms with Crippen LogP contribution in [-0.2, 0) is 50.2 Å². The molecule has 248 valence electrons. The van der Waals surface area contributed by atoms with E-state index in [1.807, 2.05) is 0 Å². The largest absolute Gasteiger partial charge is 0.368 e. The molecule has 2 aliphatic heterocycles. The summed E-state index contributed by atoms with van der Waals surface area (Å²) in [6, 6.07) is -0.583. The lowest BCUT2D eigenvalue weighted by Crippen LogP contribution is -2.39. The van der Waals surface area contributed by atoms with Gasteiger partial charge in [-0.1, -0.05) is 0 Å². The van der Waals surface area contributed by atoms with Crippen LogP contribution in [0.15, 0.2) is 24.3 Å². The number of hydrogen-bond acceptors (Lipinski definition) is 11. The second-order valence-electron chi connectivity index (χ2n) is 10.0. The zero-order valence-corrected chi connectivity index (χ0v) is 27.3. The van der Waals surface area contributed by atoms with Crippen LogP contribution < -0.4 is 27.0 Å². The third-order valence-electron chi connectivity index (χ3n) is 6.84. The quantitative estimate of drug-likeness (QED) is 0.0555. The molecule has 0 spiro atoms. The molecule has 0 aliphatic carbocycles. The molecule has 2 heterocycles. The van der Waals surface area contributed by atoms with E-state index in [9.17, 15) is 38.4 Å². The first-order valence-electron chi connectivity index (χ1n) is 14.6. The van der Waals surface area contributed by atoms with Crippen LogP contribution in [0.25, 0.3) is 0 Å². The number of carbonyl (C=O) groups is 8. The van der Waals surface area contributed by atoms with Crippen LogP contribution in [0.5, 0.6) is 0 Å². The van der Waals surface area contributed by atoms with Gasteiger partial charge in [0.15, 0.2) is 0 Å². The van der Waals surface area contributed by atoms with Crippen LogP contribution in [0.1, 0.15) is 51.4 Å². The molecule has 0 aromatic carbocycles. The standard InChI is InChI=1S/C14H22N4O4.C14H20N3O4PS/c1-16-10(14(15)22)4-2-3-8-17-11(19)7-9-18-12(20)5-6-13(18)21;1-15-10(14(21)22-23)4-2-3-8-16-11(18)7-9-17-12(19)5-6-13(17)20/h5-6,10,16H,2-4,7-9H2,1H3,(H2,15,22)(H,17,19);5-6,10,15H,2-4,7-9H2,1H3,(H,16,18)/t10-;/m0./s1. The van der Waals surface area contributed by atoms with Gasteiger partial charge in [-0.25, -0.2) is 0 Å². The summed E-state index contributed by atoms with van der Waals surface area (Å²) in [5.41, 5.74) is 5.18. The van der Waals surface area contributed by atoms with Crippen LogP contribution in [0, 0.1) is 0 Å². The summed E-state index contributed by atoms with van der Waals surface area (Å²) in [7, 11) is 3.73. The van der Waals surface area contributed by atoms with Gasteiger partial charge >= 0.3 is 0 Å². The molecule has 7 amide bonds. The van der Waals surface area contributed by atoms with Crippen molar-refractivity contribution in [1.29, 1.82) is 0 Å². The summed E-state index contributed by atoms with van der Waals surface area (Å²) in [5.74, 6) is -2.35. The van der Waals surface area contributed by atoms with Crippen LogP contribution in [0.4, 0.5) is 0 Å². The summed E-state index contributed by atoms with van der Waals surface area (Å²) < 4.78 is 0. The Morgan fingerprint density at radius 2 is 1.09 bits per heavy atom. The minimum atomic E-state index is -0.389. The fourth-order valence-corrected chi connectivity index (χ4v) is 4.96. The molecule has 0 fully saturated rings. The van der Waals surface area contributed by atoms with Gasteiger partial charge in [0.05, 0.1) is 19.4 Å². The highest BCUT2D eigenvalue weighted by Crippen LogP contribution is 2.09. The number of amides is 7. The van der Waals surface area contributed by atoms with E-state index in [1.54, 1.807) is 14.1 Å². The van der Waals surface area contributed by atoms with Crippen molar-refractivity contribution < 1.29 is 38.4 Å². The Balaban J connectivity index is 0.000000450. The monoisotopic (exact) mass is 667 g/mol. The van der Waals surface area contributed by atoms with Crippen molar-refractivity contribution >= 4 is 66.0 Å². The minimum absolute atomic E-state index is 0.0138. The summed E-state index contributed by atoms with van der Waals surface area (Å²) in [6.45, 7) is 1.15. The maximum atomic E-state index is 11.7. The molecular formula is C28H42N7O8PS. The zero-order chi connectivity index (χ0) is 33.8. The summed E-state index contributed by atoms with van der Waals surface area (Å²) in [6.07, 6.45) is 9.25. The summed E-state index contributed by atoms with van der Waals surface area (Å²) >= 11 is 4.71. The molecule has 0 radical (unpaired) electrons. The molecule has 0 aromatic heterocycles. The Bertz CT molecular complexity index is 1140. The molecule has 15 nitrogen and oxygen atoms in total. The Kier molecular flexibility index (Phi) is 19.1. The Labute approximate surface area is 269 Å². The Hall–Kier alpha value is -3.72. The highest BCUT2D eigenvalue weighted by atomic mass is 32.4. The third-order valence-corrected chi connectivity index (χ3v) is 7.87. The van der Waals surface area contributed by atoms with Gasteiger partial charge < -0.3 is 27.0 Å². The number of nitrogens with two attached hydrogens (primary N) is 1. The number of nitrogens with zero attached hydrogens (tertiary/aromatic N) is 2. The van der Waals surface area contributed by atoms with Crippen LogP contribution >= 0.6 is 7.36 Å². The number of nitrogens with one attached hydrogen (secondary N) is 4. The van der Waals surface area contributed by atoms with E-state index in [0.29, 0.717) is 33.3 Å². The number of rotatable bonds is 21. The van der Waals surface area contributed by atoms with Crippen molar-refractivity contribution in [3.05, 3.63) is 24.3 Å². The normalized spacial score (nSPS) is 15.2. The number of imide groups is 2. The minimum Gasteiger partial charge on any atom is -0.368 e. The predicted molar refractivity (Wildman–Crippen MR) is 169 cm³/mol. The van der Waals surface area contributed by atoms with Gasteiger partial charge in [-0.2, -0.15) is 0 Å². The molecule has 0 aromatic rings. The van der Waals surface area contributed by atoms with Crippen molar-refractivity contribution in [2.45, 2.75) is 63.5 Å². The van der Waals surface area contributed by atoms with Gasteiger partial charge in [0.2, 0.25) is 23.2 Å². The number of primary amides is 1. The highest BCUT2D eigenvalue weighted by Gasteiger charge is 2.24. The first-order valence-corrected chi connectivity index (χ1v) is 16.5. The van der Waals surface area contributed by atoms with Gasteiger partial charge in [-0.05, 0) is 64.4 Å². The molecule has 1 unspecified atom stereocenters. The van der Waals surface area contributed by atoms with Gasteiger partial charge in [0.25, 0.3) is 23.6 Å². The maximum Gasteiger partial charge on any atom is 0.253 e. The predicted octanol–water partition coefficient (Wildman–Crippen LogP) is -1.23. The van der Waals surface area contributed by atoms with Crippen LogP contribution in [-0.4, -0.2) is 109 Å². The zero-order valence-electron chi connectivity index (χ0n) is 25.5. The third kappa shape index (κ3) is 15.2. The van der Waals surface area contributed by atoms with Gasteiger partial charge in [0.1, 0.15) is 0 Å². The number of likely N-dealkylation sites (N-methyl/N-ethyl adjacent to an activating group) is 2. The van der Waals surface area contributed by atoms with Crippen molar-refractivity contribution in [2.75, 3.05) is 40.3 Å². The lowest BCUT2D eigenvalue weighted by molar-refractivity contribution is -0.139. The molecule has 17 heteroatoms. The van der Waals surface area contributed by atoms with E-state index in [1.165, 1.54) is 24.3 Å².